The Bertz CT molecular complexity index is 1260. The van der Waals surface area contributed by atoms with E-state index in [-0.39, 0.29) is 17.2 Å². The Labute approximate surface area is 231 Å². The molecule has 0 bridgehead atoms. The summed E-state index contributed by atoms with van der Waals surface area (Å²) in [6, 6.07) is 8.39. The Morgan fingerprint density at radius 1 is 1.14 bits per heavy atom. The molecule has 1 unspecified atom stereocenters. The van der Waals surface area contributed by atoms with Crippen LogP contribution in [-0.4, -0.2) is 61.3 Å². The first kappa shape index (κ1) is 30.0. The molecule has 206 valence electrons. The molecule has 0 spiro atoms. The quantitative estimate of drug-likeness (QED) is 0.348. The summed E-state index contributed by atoms with van der Waals surface area (Å²) in [6.07, 6.45) is 1.63. The summed E-state index contributed by atoms with van der Waals surface area (Å²) in [5.74, 6) is 0.873. The van der Waals surface area contributed by atoms with Crippen molar-refractivity contribution < 1.29 is 22.3 Å². The second-order valence-electron chi connectivity index (χ2n) is 10.5. The minimum absolute atomic E-state index is 0.000658. The molecule has 0 fully saturated rings. The van der Waals surface area contributed by atoms with E-state index in [1.807, 2.05) is 37.2 Å². The highest BCUT2D eigenvalue weighted by atomic mass is 79.9. The summed E-state index contributed by atoms with van der Waals surface area (Å²) in [7, 11) is -1.19. The van der Waals surface area contributed by atoms with Gasteiger partial charge in [-0.3, -0.25) is 4.21 Å². The average molecular weight is 619 g/mol. The van der Waals surface area contributed by atoms with Gasteiger partial charge in [-0.15, -0.1) is 0 Å². The van der Waals surface area contributed by atoms with Crippen molar-refractivity contribution in [1.82, 2.24) is 9.29 Å². The van der Waals surface area contributed by atoms with Crippen LogP contribution in [0.1, 0.15) is 51.8 Å². The molecule has 7 nitrogen and oxygen atoms in total. The van der Waals surface area contributed by atoms with Crippen molar-refractivity contribution in [2.24, 2.45) is 4.36 Å². The van der Waals surface area contributed by atoms with Gasteiger partial charge in [-0.2, -0.15) is 0 Å². The largest absolute Gasteiger partial charge is 0.497 e. The summed E-state index contributed by atoms with van der Waals surface area (Å²) in [6.45, 7) is 8.79. The molecule has 11 heteroatoms. The topological polar surface area (TPSA) is 81.1 Å². The summed E-state index contributed by atoms with van der Waals surface area (Å²) in [4.78, 5) is 4.44. The van der Waals surface area contributed by atoms with Crippen molar-refractivity contribution in [1.29, 1.82) is 0 Å². The maximum atomic E-state index is 15.2. The lowest BCUT2D eigenvalue weighted by atomic mass is 9.90. The molecule has 0 amide bonds. The SMILES string of the molecule is COc1ccc(CN2CCCCN=S2(=O)C[C@](C)(C[S@](=O)C(C)(C)C)c2nc(Br)ccc2F)c(OC)c1. The molecule has 0 aliphatic carbocycles. The normalized spacial score (nSPS) is 21.4. The number of hydrogen-bond donors (Lipinski definition) is 0. The minimum atomic E-state index is -3.02. The molecule has 37 heavy (non-hydrogen) atoms. The van der Waals surface area contributed by atoms with Crippen LogP contribution in [0.3, 0.4) is 0 Å². The van der Waals surface area contributed by atoms with Gasteiger partial charge in [-0.1, -0.05) is 13.0 Å². The molecule has 1 aromatic carbocycles. The van der Waals surface area contributed by atoms with Gasteiger partial charge in [0.15, 0.2) is 0 Å². The van der Waals surface area contributed by atoms with Gasteiger partial charge >= 0.3 is 0 Å². The van der Waals surface area contributed by atoms with Crippen molar-refractivity contribution >= 4 is 36.6 Å². The fourth-order valence-electron chi connectivity index (χ4n) is 4.26. The number of ether oxygens (including phenoxy) is 2. The van der Waals surface area contributed by atoms with Crippen LogP contribution >= 0.6 is 15.9 Å². The average Bonchev–Trinajstić information content (AvgIpc) is 3.00. The van der Waals surface area contributed by atoms with Crippen LogP contribution in [0, 0.1) is 5.82 Å². The van der Waals surface area contributed by atoms with E-state index in [1.54, 1.807) is 27.2 Å². The zero-order valence-corrected chi connectivity index (χ0v) is 25.6. The number of nitrogens with zero attached hydrogens (tertiary/aromatic N) is 3. The molecular formula is C26H37BrFN3O4S2. The van der Waals surface area contributed by atoms with E-state index in [2.05, 4.69) is 25.3 Å². The Balaban J connectivity index is 2.08. The minimum Gasteiger partial charge on any atom is -0.497 e. The first-order chi connectivity index (χ1) is 17.3. The fraction of sp³-hybridized carbons (Fsp3) is 0.577. The third-order valence-electron chi connectivity index (χ3n) is 6.38. The van der Waals surface area contributed by atoms with Crippen LogP contribution in [0.25, 0.3) is 0 Å². The maximum absolute atomic E-state index is 15.2. The van der Waals surface area contributed by atoms with E-state index in [0.29, 0.717) is 35.7 Å². The summed E-state index contributed by atoms with van der Waals surface area (Å²) in [5.41, 5.74) is -0.109. The highest BCUT2D eigenvalue weighted by molar-refractivity contribution is 9.10. The van der Waals surface area contributed by atoms with Crippen molar-refractivity contribution in [2.75, 3.05) is 38.8 Å². The predicted molar refractivity (Wildman–Crippen MR) is 152 cm³/mol. The van der Waals surface area contributed by atoms with Crippen LogP contribution in [0.15, 0.2) is 39.3 Å². The predicted octanol–water partition coefficient (Wildman–Crippen LogP) is 5.48. The van der Waals surface area contributed by atoms with Crippen LogP contribution in [0.5, 0.6) is 11.5 Å². The van der Waals surface area contributed by atoms with Gasteiger partial charge in [0.25, 0.3) is 0 Å². The van der Waals surface area contributed by atoms with E-state index in [9.17, 15) is 8.42 Å². The van der Waals surface area contributed by atoms with E-state index < -0.39 is 36.7 Å². The Hall–Kier alpha value is -1.56. The van der Waals surface area contributed by atoms with Crippen molar-refractivity contribution in [3.05, 3.63) is 52.0 Å². The lowest BCUT2D eigenvalue weighted by Crippen LogP contribution is -2.46. The van der Waals surface area contributed by atoms with Gasteiger partial charge in [-0.25, -0.2) is 22.3 Å². The molecule has 1 aromatic heterocycles. The molecule has 2 heterocycles. The molecule has 3 rings (SSSR count). The molecule has 0 saturated heterocycles. The zero-order chi connectivity index (χ0) is 27.4. The zero-order valence-electron chi connectivity index (χ0n) is 22.4. The number of pyridine rings is 1. The smallest absolute Gasteiger partial charge is 0.145 e. The summed E-state index contributed by atoms with van der Waals surface area (Å²) < 4.78 is 60.7. The lowest BCUT2D eigenvalue weighted by Gasteiger charge is -2.35. The molecule has 1 aliphatic rings. The van der Waals surface area contributed by atoms with Gasteiger partial charge in [-0.05, 0) is 67.7 Å². The van der Waals surface area contributed by atoms with Crippen LogP contribution < -0.4 is 9.47 Å². The van der Waals surface area contributed by atoms with E-state index >= 15 is 4.39 Å². The number of methoxy groups -OCH3 is 2. The molecule has 2 aromatic rings. The second-order valence-corrected chi connectivity index (χ2v) is 15.8. The number of benzene rings is 1. The van der Waals surface area contributed by atoms with Crippen molar-refractivity contribution in [3.8, 4) is 11.5 Å². The number of hydrogen-bond acceptors (Lipinski definition) is 6. The van der Waals surface area contributed by atoms with E-state index in [4.69, 9.17) is 9.47 Å². The maximum Gasteiger partial charge on any atom is 0.145 e. The standard InChI is InChI=1S/C26H37BrFN3O4S2/c1-25(2,3)36(32)17-26(4,24-21(28)11-12-23(27)30-24)18-37(33)29-13-7-8-14-31(37)16-19-9-10-20(34-5)15-22(19)35-6/h9-12,15H,7-8,13-14,16-18H2,1-6H3/t26-,36-,37?/m0/s1. The number of aromatic nitrogens is 1. The Morgan fingerprint density at radius 3 is 2.51 bits per heavy atom. The van der Waals surface area contributed by atoms with E-state index in [1.165, 1.54) is 12.1 Å². The second kappa shape index (κ2) is 12.1. The first-order valence-corrected chi connectivity index (χ1v) is 15.9. The molecule has 1 aliphatic heterocycles. The van der Waals surface area contributed by atoms with Gasteiger partial charge in [0.2, 0.25) is 0 Å². The van der Waals surface area contributed by atoms with Crippen molar-refractivity contribution in [3.63, 3.8) is 0 Å². The molecular weight excluding hydrogens is 581 g/mol. The lowest BCUT2D eigenvalue weighted by molar-refractivity contribution is 0.376. The summed E-state index contributed by atoms with van der Waals surface area (Å²) >= 11 is 3.35. The summed E-state index contributed by atoms with van der Waals surface area (Å²) in [5, 5.41) is 0. The van der Waals surface area contributed by atoms with Crippen molar-refractivity contribution in [2.45, 2.75) is 57.2 Å². The number of halogens is 2. The highest BCUT2D eigenvalue weighted by Crippen LogP contribution is 2.35. The van der Waals surface area contributed by atoms with E-state index in [0.717, 1.165) is 18.4 Å². The molecule has 0 radical (unpaired) electrons. The molecule has 0 N–H and O–H groups in total. The van der Waals surface area contributed by atoms with Gasteiger partial charge in [0.05, 0.1) is 25.7 Å². The van der Waals surface area contributed by atoms with Crippen LogP contribution in [-0.2, 0) is 32.7 Å². The number of rotatable bonds is 9. The fourth-order valence-corrected chi connectivity index (χ4v) is 8.63. The molecule has 3 atom stereocenters. The van der Waals surface area contributed by atoms with Gasteiger partial charge in [0.1, 0.15) is 31.8 Å². The van der Waals surface area contributed by atoms with Gasteiger partial charge in [0, 0.05) is 58.0 Å². The van der Waals surface area contributed by atoms with Crippen LogP contribution in [0.2, 0.25) is 0 Å². The molecule has 0 saturated carbocycles. The Morgan fingerprint density at radius 2 is 1.86 bits per heavy atom. The monoisotopic (exact) mass is 617 g/mol. The third kappa shape index (κ3) is 7.30. The third-order valence-corrected chi connectivity index (χ3v) is 11.8. The van der Waals surface area contributed by atoms with Crippen LogP contribution in [0.4, 0.5) is 4.39 Å². The first-order valence-electron chi connectivity index (χ1n) is 12.2. The van der Waals surface area contributed by atoms with Gasteiger partial charge < -0.3 is 9.47 Å². The Kier molecular flexibility index (Phi) is 9.80. The highest BCUT2D eigenvalue weighted by Gasteiger charge is 2.41.